The van der Waals surface area contributed by atoms with Gasteiger partial charge >= 0.3 is 0 Å². The fraction of sp³-hybridized carbons (Fsp3) is 0.727. The Morgan fingerprint density at radius 1 is 1.38 bits per heavy atom. The fourth-order valence-corrected chi connectivity index (χ4v) is 3.78. The SMILES string of the molecule is C=C1OC(=N)C2C3CC(CC3C)C12. The standard InChI is InChI=1S/C11H15NO/c1-5-3-7-4-8(5)10-9(7)6(2)13-11(10)12/h5,7-10,12H,2-4H2,1H3. The number of allylic oxidation sites excluding steroid dienone is 1. The molecule has 1 N–H and O–H groups in total. The fourth-order valence-electron chi connectivity index (χ4n) is 3.78. The monoisotopic (exact) mass is 177 g/mol. The molecule has 13 heavy (non-hydrogen) atoms. The average molecular weight is 177 g/mol. The highest BCUT2D eigenvalue weighted by molar-refractivity contribution is 5.81. The van der Waals surface area contributed by atoms with E-state index in [4.69, 9.17) is 10.1 Å². The Bertz CT molecular complexity index is 296. The zero-order valence-electron chi connectivity index (χ0n) is 7.92. The van der Waals surface area contributed by atoms with Crippen molar-refractivity contribution in [1.29, 1.82) is 5.41 Å². The molecule has 3 fully saturated rings. The maximum atomic E-state index is 7.77. The molecule has 0 aromatic heterocycles. The number of fused-ring (bicyclic) bond motifs is 5. The van der Waals surface area contributed by atoms with Crippen LogP contribution in [0.5, 0.6) is 0 Å². The predicted octanol–water partition coefficient (Wildman–Crippen LogP) is 2.42. The highest BCUT2D eigenvalue weighted by Crippen LogP contribution is 2.60. The molecule has 2 heteroatoms. The Hall–Kier alpha value is -0.790. The molecular weight excluding hydrogens is 162 g/mol. The molecule has 1 heterocycles. The van der Waals surface area contributed by atoms with E-state index in [0.717, 1.165) is 17.6 Å². The topological polar surface area (TPSA) is 33.1 Å². The molecule has 1 saturated heterocycles. The molecule has 2 bridgehead atoms. The van der Waals surface area contributed by atoms with Gasteiger partial charge in [0.05, 0.1) is 0 Å². The van der Waals surface area contributed by atoms with Gasteiger partial charge < -0.3 is 4.74 Å². The van der Waals surface area contributed by atoms with Crippen LogP contribution >= 0.6 is 0 Å². The summed E-state index contributed by atoms with van der Waals surface area (Å²) in [6.45, 7) is 6.24. The molecule has 3 rings (SSSR count). The van der Waals surface area contributed by atoms with Crippen LogP contribution in [0.3, 0.4) is 0 Å². The second kappa shape index (κ2) is 2.17. The van der Waals surface area contributed by atoms with Crippen LogP contribution < -0.4 is 0 Å². The van der Waals surface area contributed by atoms with E-state index in [2.05, 4.69) is 13.5 Å². The van der Waals surface area contributed by atoms with Crippen LogP contribution in [0.2, 0.25) is 0 Å². The lowest BCUT2D eigenvalue weighted by atomic mass is 9.75. The minimum absolute atomic E-state index is 0.390. The third-order valence-corrected chi connectivity index (χ3v) is 4.25. The van der Waals surface area contributed by atoms with Crippen LogP contribution in [0.1, 0.15) is 19.8 Å². The Labute approximate surface area is 78.5 Å². The molecule has 0 spiro atoms. The summed E-state index contributed by atoms with van der Waals surface area (Å²) in [4.78, 5) is 0. The molecule has 2 nitrogen and oxygen atoms in total. The lowest BCUT2D eigenvalue weighted by Gasteiger charge is -2.26. The molecular formula is C11H15NO. The van der Waals surface area contributed by atoms with Crippen LogP contribution in [-0.4, -0.2) is 5.90 Å². The van der Waals surface area contributed by atoms with Gasteiger partial charge in [0.1, 0.15) is 5.76 Å². The van der Waals surface area contributed by atoms with E-state index in [0.29, 0.717) is 23.7 Å². The van der Waals surface area contributed by atoms with Gasteiger partial charge in [0.15, 0.2) is 5.90 Å². The molecule has 2 aliphatic carbocycles. The average Bonchev–Trinajstić information content (AvgIpc) is 2.64. The molecule has 3 aliphatic rings. The Kier molecular flexibility index (Phi) is 1.27. The second-order valence-electron chi connectivity index (χ2n) is 4.86. The number of ether oxygens (including phenoxy) is 1. The van der Waals surface area contributed by atoms with Crippen molar-refractivity contribution < 1.29 is 4.74 Å². The minimum atomic E-state index is 0.390. The van der Waals surface area contributed by atoms with Gasteiger partial charge in [0.2, 0.25) is 0 Å². The van der Waals surface area contributed by atoms with Crippen LogP contribution in [0.4, 0.5) is 0 Å². The third-order valence-electron chi connectivity index (χ3n) is 4.25. The van der Waals surface area contributed by atoms with Gasteiger partial charge in [-0.25, -0.2) is 0 Å². The van der Waals surface area contributed by atoms with Gasteiger partial charge in [-0.1, -0.05) is 13.5 Å². The van der Waals surface area contributed by atoms with E-state index in [1.165, 1.54) is 12.8 Å². The Morgan fingerprint density at radius 2 is 2.15 bits per heavy atom. The van der Waals surface area contributed by atoms with Crippen molar-refractivity contribution in [3.05, 3.63) is 12.3 Å². The van der Waals surface area contributed by atoms with Crippen LogP contribution in [0, 0.1) is 35.0 Å². The van der Waals surface area contributed by atoms with E-state index in [-0.39, 0.29) is 0 Å². The van der Waals surface area contributed by atoms with Gasteiger partial charge in [-0.2, -0.15) is 0 Å². The predicted molar refractivity (Wildman–Crippen MR) is 50.3 cm³/mol. The first-order valence-electron chi connectivity index (χ1n) is 5.13. The van der Waals surface area contributed by atoms with E-state index in [9.17, 15) is 0 Å². The lowest BCUT2D eigenvalue weighted by Crippen LogP contribution is -2.27. The highest BCUT2D eigenvalue weighted by atomic mass is 16.5. The summed E-state index contributed by atoms with van der Waals surface area (Å²) >= 11 is 0. The molecule has 5 unspecified atom stereocenters. The van der Waals surface area contributed by atoms with Gasteiger partial charge in [0, 0.05) is 11.8 Å². The maximum Gasteiger partial charge on any atom is 0.191 e. The van der Waals surface area contributed by atoms with Gasteiger partial charge in [-0.05, 0) is 30.6 Å². The largest absolute Gasteiger partial charge is 0.448 e. The molecule has 70 valence electrons. The number of hydrogen-bond donors (Lipinski definition) is 1. The van der Waals surface area contributed by atoms with Crippen molar-refractivity contribution in [3.63, 3.8) is 0 Å². The van der Waals surface area contributed by atoms with E-state index in [1.54, 1.807) is 0 Å². The second-order valence-corrected chi connectivity index (χ2v) is 4.86. The van der Waals surface area contributed by atoms with Crippen molar-refractivity contribution in [2.24, 2.45) is 29.6 Å². The lowest BCUT2D eigenvalue weighted by molar-refractivity contribution is 0.258. The van der Waals surface area contributed by atoms with Crippen molar-refractivity contribution >= 4 is 5.90 Å². The van der Waals surface area contributed by atoms with Crippen LogP contribution in [0.25, 0.3) is 0 Å². The third kappa shape index (κ3) is 0.767. The highest BCUT2D eigenvalue weighted by Gasteiger charge is 2.57. The first-order valence-corrected chi connectivity index (χ1v) is 5.13. The molecule has 0 amide bonds. The molecule has 1 aliphatic heterocycles. The summed E-state index contributed by atoms with van der Waals surface area (Å²) in [5.74, 6) is 4.52. The van der Waals surface area contributed by atoms with Gasteiger partial charge in [0.25, 0.3) is 0 Å². The Balaban J connectivity index is 2.00. The van der Waals surface area contributed by atoms with Gasteiger partial charge in [-0.3, -0.25) is 5.41 Å². The first-order chi connectivity index (χ1) is 6.18. The summed E-state index contributed by atoms with van der Waals surface area (Å²) in [6, 6.07) is 0. The van der Waals surface area contributed by atoms with Crippen molar-refractivity contribution in [2.75, 3.05) is 0 Å². The number of rotatable bonds is 0. The zero-order valence-corrected chi connectivity index (χ0v) is 7.92. The molecule has 0 radical (unpaired) electrons. The molecule has 0 aromatic carbocycles. The number of nitrogens with one attached hydrogen (secondary N) is 1. The van der Waals surface area contributed by atoms with Crippen molar-refractivity contribution in [1.82, 2.24) is 0 Å². The zero-order chi connectivity index (χ0) is 9.16. The summed E-state index contributed by atoms with van der Waals surface area (Å²) in [7, 11) is 0. The summed E-state index contributed by atoms with van der Waals surface area (Å²) in [6.07, 6.45) is 2.63. The quantitative estimate of drug-likeness (QED) is 0.605. The minimum Gasteiger partial charge on any atom is -0.448 e. The summed E-state index contributed by atoms with van der Waals surface area (Å²) in [5, 5.41) is 7.77. The molecule has 0 aromatic rings. The Morgan fingerprint density at radius 3 is 2.92 bits per heavy atom. The van der Waals surface area contributed by atoms with Crippen molar-refractivity contribution in [3.8, 4) is 0 Å². The molecule has 5 atom stereocenters. The van der Waals surface area contributed by atoms with E-state index in [1.807, 2.05) is 0 Å². The number of hydrogen-bond acceptors (Lipinski definition) is 2. The van der Waals surface area contributed by atoms with Crippen LogP contribution in [0.15, 0.2) is 12.3 Å². The van der Waals surface area contributed by atoms with Crippen molar-refractivity contribution in [2.45, 2.75) is 19.8 Å². The van der Waals surface area contributed by atoms with E-state index < -0.39 is 0 Å². The van der Waals surface area contributed by atoms with Gasteiger partial charge in [-0.15, -0.1) is 0 Å². The first kappa shape index (κ1) is 7.60. The van der Waals surface area contributed by atoms with Crippen LogP contribution in [-0.2, 0) is 4.74 Å². The normalized spacial score (nSPS) is 52.5. The summed E-state index contributed by atoms with van der Waals surface area (Å²) in [5.41, 5.74) is 0. The summed E-state index contributed by atoms with van der Waals surface area (Å²) < 4.78 is 5.35. The van der Waals surface area contributed by atoms with E-state index >= 15 is 0 Å². The maximum absolute atomic E-state index is 7.77. The molecule has 2 saturated carbocycles. The smallest absolute Gasteiger partial charge is 0.191 e.